The molecule has 0 saturated carbocycles. The van der Waals surface area contributed by atoms with Gasteiger partial charge >= 0.3 is 6.61 Å². The fourth-order valence-electron chi connectivity index (χ4n) is 1.11. The minimum absolute atomic E-state index is 0.0623. The lowest BCUT2D eigenvalue weighted by molar-refractivity contribution is -0.0500. The molecule has 0 aliphatic heterocycles. The van der Waals surface area contributed by atoms with Gasteiger partial charge in [-0.25, -0.2) is 4.98 Å². The van der Waals surface area contributed by atoms with Crippen molar-refractivity contribution < 1.29 is 13.5 Å². The van der Waals surface area contributed by atoms with Crippen molar-refractivity contribution >= 4 is 5.82 Å². The highest BCUT2D eigenvalue weighted by atomic mass is 19.3. The summed E-state index contributed by atoms with van der Waals surface area (Å²) < 4.78 is 27.8. The van der Waals surface area contributed by atoms with E-state index in [4.69, 9.17) is 0 Å². The molecular formula is C10H15F2N3O. The third-order valence-corrected chi connectivity index (χ3v) is 1.82. The molecular weight excluding hydrogens is 216 g/mol. The van der Waals surface area contributed by atoms with Gasteiger partial charge in [-0.15, -0.1) is 0 Å². The van der Waals surface area contributed by atoms with Gasteiger partial charge in [-0.05, 0) is 18.7 Å². The molecule has 1 aromatic rings. The number of pyridine rings is 1. The van der Waals surface area contributed by atoms with Gasteiger partial charge in [0.2, 0.25) is 0 Å². The first kappa shape index (κ1) is 12.6. The Morgan fingerprint density at radius 2 is 2.19 bits per heavy atom. The van der Waals surface area contributed by atoms with Crippen molar-refractivity contribution in [3.05, 3.63) is 18.3 Å². The molecule has 0 saturated heterocycles. The van der Waals surface area contributed by atoms with Gasteiger partial charge in [0.25, 0.3) is 0 Å². The lowest BCUT2D eigenvalue weighted by atomic mass is 10.4. The minimum Gasteiger partial charge on any atom is -0.433 e. The maximum absolute atomic E-state index is 11.8. The molecule has 2 N–H and O–H groups in total. The van der Waals surface area contributed by atoms with Crippen molar-refractivity contribution in [2.24, 2.45) is 0 Å². The van der Waals surface area contributed by atoms with Gasteiger partial charge in [0.05, 0.1) is 6.20 Å². The average Bonchev–Trinajstić information content (AvgIpc) is 2.26. The molecule has 4 nitrogen and oxygen atoms in total. The second kappa shape index (κ2) is 6.95. The Bertz CT molecular complexity index is 293. The largest absolute Gasteiger partial charge is 0.433 e. The zero-order valence-electron chi connectivity index (χ0n) is 9.04. The lowest BCUT2D eigenvalue weighted by Crippen LogP contribution is -2.21. The number of alkyl halides is 2. The number of halogens is 2. The third kappa shape index (κ3) is 4.88. The van der Waals surface area contributed by atoms with Crippen LogP contribution in [0.2, 0.25) is 0 Å². The number of hydrogen-bond donors (Lipinski definition) is 2. The molecule has 0 unspecified atom stereocenters. The normalized spacial score (nSPS) is 10.5. The van der Waals surface area contributed by atoms with Crippen molar-refractivity contribution in [1.29, 1.82) is 0 Å². The van der Waals surface area contributed by atoms with Crippen molar-refractivity contribution in [1.82, 2.24) is 10.3 Å². The monoisotopic (exact) mass is 231 g/mol. The molecule has 90 valence electrons. The average molecular weight is 231 g/mol. The molecule has 0 atom stereocenters. The summed E-state index contributed by atoms with van der Waals surface area (Å²) in [6.45, 7) is 1.68. The quantitative estimate of drug-likeness (QED) is 0.701. The van der Waals surface area contributed by atoms with E-state index in [9.17, 15) is 8.78 Å². The van der Waals surface area contributed by atoms with Crippen LogP contribution in [-0.2, 0) is 0 Å². The Hall–Kier alpha value is -1.43. The van der Waals surface area contributed by atoms with E-state index in [1.165, 1.54) is 12.3 Å². The Morgan fingerprint density at radius 3 is 2.75 bits per heavy atom. The first-order valence-electron chi connectivity index (χ1n) is 5.08. The number of aromatic nitrogens is 1. The number of nitrogens with zero attached hydrogens (tertiary/aromatic N) is 1. The standard InChI is InChI=1S/C10H15F2N3O/c1-2-13-5-6-14-9-4-3-8(7-15-9)16-10(11)12/h3-4,7,10,13H,2,5-6H2,1H3,(H,14,15). The fourth-order valence-corrected chi connectivity index (χ4v) is 1.11. The van der Waals surface area contributed by atoms with E-state index in [0.717, 1.165) is 19.6 Å². The highest BCUT2D eigenvalue weighted by Gasteiger charge is 2.03. The zero-order chi connectivity index (χ0) is 11.8. The van der Waals surface area contributed by atoms with E-state index in [0.29, 0.717) is 5.82 Å². The van der Waals surface area contributed by atoms with Crippen LogP contribution in [-0.4, -0.2) is 31.2 Å². The molecule has 6 heteroatoms. The smallest absolute Gasteiger partial charge is 0.387 e. The van der Waals surface area contributed by atoms with Crippen LogP contribution in [0.3, 0.4) is 0 Å². The molecule has 16 heavy (non-hydrogen) atoms. The molecule has 0 fully saturated rings. The van der Waals surface area contributed by atoms with Crippen molar-refractivity contribution in [2.45, 2.75) is 13.5 Å². The molecule has 0 radical (unpaired) electrons. The van der Waals surface area contributed by atoms with Crippen LogP contribution in [0.5, 0.6) is 5.75 Å². The van der Waals surface area contributed by atoms with Gasteiger partial charge in [0.15, 0.2) is 0 Å². The minimum atomic E-state index is -2.81. The maximum Gasteiger partial charge on any atom is 0.387 e. The van der Waals surface area contributed by atoms with E-state index in [-0.39, 0.29) is 5.75 Å². The predicted molar refractivity (Wildman–Crippen MR) is 57.9 cm³/mol. The number of anilines is 1. The Labute approximate surface area is 93.0 Å². The van der Waals surface area contributed by atoms with Crippen molar-refractivity contribution in [3.63, 3.8) is 0 Å². The molecule has 0 spiro atoms. The summed E-state index contributed by atoms with van der Waals surface area (Å²) in [5.41, 5.74) is 0. The number of ether oxygens (including phenoxy) is 1. The summed E-state index contributed by atoms with van der Waals surface area (Å²) in [6, 6.07) is 3.05. The van der Waals surface area contributed by atoms with Gasteiger partial charge < -0.3 is 15.4 Å². The van der Waals surface area contributed by atoms with Crippen LogP contribution in [0, 0.1) is 0 Å². The van der Waals surface area contributed by atoms with E-state index in [1.54, 1.807) is 6.07 Å². The molecule has 0 aromatic carbocycles. The Kier molecular flexibility index (Phi) is 5.49. The van der Waals surface area contributed by atoms with Crippen molar-refractivity contribution in [3.8, 4) is 5.75 Å². The maximum atomic E-state index is 11.8. The molecule has 1 rings (SSSR count). The summed E-state index contributed by atoms with van der Waals surface area (Å²) in [6.07, 6.45) is 1.27. The van der Waals surface area contributed by atoms with Gasteiger partial charge in [-0.3, -0.25) is 0 Å². The third-order valence-electron chi connectivity index (χ3n) is 1.82. The Balaban J connectivity index is 2.33. The summed E-state index contributed by atoms with van der Waals surface area (Å²) in [5, 5.41) is 6.19. The second-order valence-corrected chi connectivity index (χ2v) is 3.04. The predicted octanol–water partition coefficient (Wildman–Crippen LogP) is 1.70. The van der Waals surface area contributed by atoms with Gasteiger partial charge in [-0.2, -0.15) is 8.78 Å². The molecule has 0 aliphatic carbocycles. The topological polar surface area (TPSA) is 46.2 Å². The SMILES string of the molecule is CCNCCNc1ccc(OC(F)F)cn1. The van der Waals surface area contributed by atoms with Crippen LogP contribution >= 0.6 is 0 Å². The molecule has 1 aromatic heterocycles. The molecule has 0 aliphatic rings. The second-order valence-electron chi connectivity index (χ2n) is 3.04. The van der Waals surface area contributed by atoms with Gasteiger partial charge in [-0.1, -0.05) is 6.92 Å². The fraction of sp³-hybridized carbons (Fsp3) is 0.500. The zero-order valence-corrected chi connectivity index (χ0v) is 9.04. The lowest BCUT2D eigenvalue weighted by Gasteiger charge is -2.07. The van der Waals surface area contributed by atoms with E-state index < -0.39 is 6.61 Å². The summed E-state index contributed by atoms with van der Waals surface area (Å²) in [4.78, 5) is 3.93. The van der Waals surface area contributed by atoms with Crippen LogP contribution in [0.1, 0.15) is 6.92 Å². The van der Waals surface area contributed by atoms with Gasteiger partial charge in [0.1, 0.15) is 11.6 Å². The Morgan fingerprint density at radius 1 is 1.38 bits per heavy atom. The van der Waals surface area contributed by atoms with E-state index in [1.807, 2.05) is 6.92 Å². The van der Waals surface area contributed by atoms with Crippen LogP contribution in [0.25, 0.3) is 0 Å². The van der Waals surface area contributed by atoms with E-state index in [2.05, 4.69) is 20.4 Å². The summed E-state index contributed by atoms with van der Waals surface area (Å²) >= 11 is 0. The molecule has 1 heterocycles. The number of hydrogen-bond acceptors (Lipinski definition) is 4. The van der Waals surface area contributed by atoms with Crippen LogP contribution < -0.4 is 15.4 Å². The summed E-state index contributed by atoms with van der Waals surface area (Å²) in [5.74, 6) is 0.701. The first-order valence-corrected chi connectivity index (χ1v) is 5.08. The first-order chi connectivity index (χ1) is 7.72. The highest BCUT2D eigenvalue weighted by molar-refractivity contribution is 5.37. The highest BCUT2D eigenvalue weighted by Crippen LogP contribution is 2.14. The number of rotatable bonds is 7. The van der Waals surface area contributed by atoms with Crippen LogP contribution in [0.15, 0.2) is 18.3 Å². The molecule has 0 bridgehead atoms. The number of likely N-dealkylation sites (N-methyl/N-ethyl adjacent to an activating group) is 1. The molecule has 0 amide bonds. The van der Waals surface area contributed by atoms with E-state index >= 15 is 0 Å². The summed E-state index contributed by atoms with van der Waals surface area (Å²) in [7, 11) is 0. The van der Waals surface area contributed by atoms with Gasteiger partial charge in [0, 0.05) is 13.1 Å². The van der Waals surface area contributed by atoms with Crippen molar-refractivity contribution in [2.75, 3.05) is 25.0 Å². The number of nitrogens with one attached hydrogen (secondary N) is 2. The van der Waals surface area contributed by atoms with Crippen LogP contribution in [0.4, 0.5) is 14.6 Å².